The van der Waals surface area contributed by atoms with Gasteiger partial charge < -0.3 is 5.32 Å². The van der Waals surface area contributed by atoms with E-state index >= 15 is 0 Å². The molecular formula is C16H23N3. The van der Waals surface area contributed by atoms with Crippen LogP contribution >= 0.6 is 0 Å². The normalized spacial score (nSPS) is 10.9. The summed E-state index contributed by atoms with van der Waals surface area (Å²) < 4.78 is 2.05. The Bertz CT molecular complexity index is 538. The molecule has 1 aromatic heterocycles. The molecule has 0 amide bonds. The van der Waals surface area contributed by atoms with Crippen LogP contribution in [0.15, 0.2) is 24.3 Å². The van der Waals surface area contributed by atoms with Crippen molar-refractivity contribution in [1.29, 1.82) is 0 Å². The Kier molecular flexibility index (Phi) is 4.38. The molecule has 0 saturated carbocycles. The average molecular weight is 257 g/mol. The van der Waals surface area contributed by atoms with Crippen LogP contribution in [0.25, 0.3) is 5.69 Å². The molecule has 3 heteroatoms. The highest BCUT2D eigenvalue weighted by molar-refractivity contribution is 5.38. The van der Waals surface area contributed by atoms with E-state index in [4.69, 9.17) is 0 Å². The van der Waals surface area contributed by atoms with Gasteiger partial charge in [-0.25, -0.2) is 4.68 Å². The zero-order valence-corrected chi connectivity index (χ0v) is 12.3. The lowest BCUT2D eigenvalue weighted by Gasteiger charge is -2.06. The van der Waals surface area contributed by atoms with Gasteiger partial charge in [-0.1, -0.05) is 24.6 Å². The van der Waals surface area contributed by atoms with Gasteiger partial charge in [0.2, 0.25) is 0 Å². The fraction of sp³-hybridized carbons (Fsp3) is 0.438. The quantitative estimate of drug-likeness (QED) is 0.835. The highest BCUT2D eigenvalue weighted by Gasteiger charge is 2.12. The molecule has 0 atom stereocenters. The van der Waals surface area contributed by atoms with Crippen molar-refractivity contribution in [3.8, 4) is 5.69 Å². The van der Waals surface area contributed by atoms with E-state index in [-0.39, 0.29) is 0 Å². The van der Waals surface area contributed by atoms with Crippen LogP contribution in [0.5, 0.6) is 0 Å². The van der Waals surface area contributed by atoms with Crippen LogP contribution in [0, 0.1) is 20.8 Å². The lowest BCUT2D eigenvalue weighted by molar-refractivity contribution is 0.713. The van der Waals surface area contributed by atoms with E-state index < -0.39 is 0 Å². The number of nitrogens with zero attached hydrogens (tertiary/aromatic N) is 2. The monoisotopic (exact) mass is 257 g/mol. The van der Waals surface area contributed by atoms with Gasteiger partial charge in [-0.2, -0.15) is 5.10 Å². The van der Waals surface area contributed by atoms with Gasteiger partial charge in [-0.05, 0) is 58.0 Å². The minimum atomic E-state index is 1.01. The summed E-state index contributed by atoms with van der Waals surface area (Å²) in [4.78, 5) is 0. The summed E-state index contributed by atoms with van der Waals surface area (Å²) in [5.41, 5.74) is 6.16. The van der Waals surface area contributed by atoms with Crippen molar-refractivity contribution in [2.24, 2.45) is 0 Å². The van der Waals surface area contributed by atoms with E-state index in [0.29, 0.717) is 0 Å². The Morgan fingerprint density at radius 3 is 2.42 bits per heavy atom. The minimum absolute atomic E-state index is 1.01. The SMILES string of the molecule is CCNCCc1c(C)nn(-c2ccc(C)cc2)c1C. The Hall–Kier alpha value is -1.61. The third kappa shape index (κ3) is 3.04. The van der Waals surface area contributed by atoms with Crippen molar-refractivity contribution in [2.45, 2.75) is 34.1 Å². The first-order chi connectivity index (χ1) is 9.13. The van der Waals surface area contributed by atoms with Gasteiger partial charge in [0.1, 0.15) is 0 Å². The number of rotatable bonds is 5. The number of likely N-dealkylation sites (N-methyl/N-ethyl adjacent to an activating group) is 1. The summed E-state index contributed by atoms with van der Waals surface area (Å²) in [7, 11) is 0. The molecule has 2 aromatic rings. The molecule has 0 aliphatic carbocycles. The maximum atomic E-state index is 4.68. The highest BCUT2D eigenvalue weighted by atomic mass is 15.3. The molecule has 1 heterocycles. The summed E-state index contributed by atoms with van der Waals surface area (Å²) in [6, 6.07) is 8.51. The minimum Gasteiger partial charge on any atom is -0.317 e. The van der Waals surface area contributed by atoms with Crippen LogP contribution < -0.4 is 5.32 Å². The van der Waals surface area contributed by atoms with E-state index in [1.54, 1.807) is 0 Å². The van der Waals surface area contributed by atoms with Crippen LogP contribution in [0.1, 0.15) is 29.4 Å². The van der Waals surface area contributed by atoms with E-state index in [1.165, 1.54) is 16.8 Å². The summed E-state index contributed by atoms with van der Waals surface area (Å²) in [6.45, 7) is 10.5. The standard InChI is InChI=1S/C16H23N3/c1-5-17-11-10-16-13(3)18-19(14(16)4)15-8-6-12(2)7-9-15/h6-9,17H,5,10-11H2,1-4H3. The number of nitrogens with one attached hydrogen (secondary N) is 1. The summed E-state index contributed by atoms with van der Waals surface area (Å²) in [5, 5.41) is 8.05. The van der Waals surface area contributed by atoms with Crippen molar-refractivity contribution >= 4 is 0 Å². The van der Waals surface area contributed by atoms with Gasteiger partial charge in [-0.15, -0.1) is 0 Å². The highest BCUT2D eigenvalue weighted by Crippen LogP contribution is 2.18. The lowest BCUT2D eigenvalue weighted by atomic mass is 10.1. The smallest absolute Gasteiger partial charge is 0.0649 e. The predicted octanol–water partition coefficient (Wildman–Crippen LogP) is 2.95. The molecule has 102 valence electrons. The Morgan fingerprint density at radius 2 is 1.79 bits per heavy atom. The third-order valence-corrected chi connectivity index (χ3v) is 3.52. The van der Waals surface area contributed by atoms with Crippen LogP contribution in [-0.2, 0) is 6.42 Å². The first kappa shape index (κ1) is 13.8. The molecular weight excluding hydrogens is 234 g/mol. The van der Waals surface area contributed by atoms with Gasteiger partial charge in [0.15, 0.2) is 0 Å². The predicted molar refractivity (Wildman–Crippen MR) is 80.0 cm³/mol. The third-order valence-electron chi connectivity index (χ3n) is 3.52. The summed E-state index contributed by atoms with van der Waals surface area (Å²) in [6.07, 6.45) is 1.04. The lowest BCUT2D eigenvalue weighted by Crippen LogP contribution is -2.16. The topological polar surface area (TPSA) is 29.9 Å². The van der Waals surface area contributed by atoms with Gasteiger partial charge in [-0.3, -0.25) is 0 Å². The molecule has 1 N–H and O–H groups in total. The van der Waals surface area contributed by atoms with Crippen LogP contribution in [-0.4, -0.2) is 22.9 Å². The molecule has 0 saturated heterocycles. The Morgan fingerprint density at radius 1 is 1.11 bits per heavy atom. The maximum absolute atomic E-state index is 4.68. The van der Waals surface area contributed by atoms with Gasteiger partial charge in [0, 0.05) is 5.69 Å². The van der Waals surface area contributed by atoms with Gasteiger partial charge >= 0.3 is 0 Å². The number of hydrogen-bond acceptors (Lipinski definition) is 2. The fourth-order valence-corrected chi connectivity index (χ4v) is 2.36. The molecule has 0 unspecified atom stereocenters. The first-order valence-corrected chi connectivity index (χ1v) is 6.96. The molecule has 0 fully saturated rings. The Labute approximate surface area is 115 Å². The van der Waals surface area contributed by atoms with Crippen LogP contribution in [0.2, 0.25) is 0 Å². The van der Waals surface area contributed by atoms with Crippen molar-refractivity contribution in [3.05, 3.63) is 46.8 Å². The second-order valence-electron chi connectivity index (χ2n) is 5.00. The summed E-state index contributed by atoms with van der Waals surface area (Å²) >= 11 is 0. The van der Waals surface area contributed by atoms with Crippen molar-refractivity contribution in [3.63, 3.8) is 0 Å². The van der Waals surface area contributed by atoms with E-state index in [0.717, 1.165) is 30.9 Å². The Balaban J connectivity index is 2.27. The largest absolute Gasteiger partial charge is 0.317 e. The van der Waals surface area contributed by atoms with Crippen molar-refractivity contribution in [2.75, 3.05) is 13.1 Å². The molecule has 0 spiro atoms. The molecule has 3 nitrogen and oxygen atoms in total. The zero-order chi connectivity index (χ0) is 13.8. The summed E-state index contributed by atoms with van der Waals surface area (Å²) in [5.74, 6) is 0. The van der Waals surface area contributed by atoms with E-state index in [2.05, 4.69) is 67.1 Å². The second-order valence-corrected chi connectivity index (χ2v) is 5.00. The maximum Gasteiger partial charge on any atom is 0.0649 e. The van der Waals surface area contributed by atoms with Crippen LogP contribution in [0.3, 0.4) is 0 Å². The van der Waals surface area contributed by atoms with Gasteiger partial charge in [0.05, 0.1) is 11.4 Å². The molecule has 0 aliphatic rings. The number of hydrogen-bond donors (Lipinski definition) is 1. The molecule has 0 bridgehead atoms. The average Bonchev–Trinajstić information content (AvgIpc) is 2.68. The van der Waals surface area contributed by atoms with E-state index in [1.807, 2.05) is 0 Å². The molecule has 2 rings (SSSR count). The molecule has 0 aliphatic heterocycles. The number of aromatic nitrogens is 2. The van der Waals surface area contributed by atoms with E-state index in [9.17, 15) is 0 Å². The van der Waals surface area contributed by atoms with Crippen molar-refractivity contribution in [1.82, 2.24) is 15.1 Å². The van der Waals surface area contributed by atoms with Gasteiger partial charge in [0.25, 0.3) is 0 Å². The molecule has 19 heavy (non-hydrogen) atoms. The first-order valence-electron chi connectivity index (χ1n) is 6.96. The second kappa shape index (κ2) is 6.02. The fourth-order valence-electron chi connectivity index (χ4n) is 2.36. The number of benzene rings is 1. The van der Waals surface area contributed by atoms with Crippen LogP contribution in [0.4, 0.5) is 0 Å². The van der Waals surface area contributed by atoms with Crippen molar-refractivity contribution < 1.29 is 0 Å². The zero-order valence-electron chi connectivity index (χ0n) is 12.3. The molecule has 0 radical (unpaired) electrons. The number of aryl methyl sites for hydroxylation is 2. The molecule has 1 aromatic carbocycles.